The van der Waals surface area contributed by atoms with Gasteiger partial charge in [-0.25, -0.2) is 19.9 Å². The van der Waals surface area contributed by atoms with E-state index in [1.165, 1.54) is 33.6 Å². The molecule has 0 fully saturated rings. The second kappa shape index (κ2) is 18.2. The van der Waals surface area contributed by atoms with Crippen LogP contribution in [0.4, 0.5) is 55.3 Å². The van der Waals surface area contributed by atoms with Gasteiger partial charge in [0.2, 0.25) is 11.2 Å². The average Bonchev–Trinajstić information content (AvgIpc) is 3.85. The molecule has 16 nitrogen and oxygen atoms in total. The fourth-order valence-electron chi connectivity index (χ4n) is 5.82. The highest BCUT2D eigenvalue weighted by Crippen LogP contribution is 2.38. The summed E-state index contributed by atoms with van der Waals surface area (Å²) in [6.45, 7) is -0.988. The second-order valence-electron chi connectivity index (χ2n) is 12.8. The highest BCUT2D eigenvalue weighted by molar-refractivity contribution is 6.29. The van der Waals surface area contributed by atoms with Crippen molar-refractivity contribution in [3.8, 4) is 34.4 Å². The maximum absolute atomic E-state index is 13.2. The van der Waals surface area contributed by atoms with Crippen molar-refractivity contribution in [2.45, 2.75) is 24.4 Å². The lowest BCUT2D eigenvalue weighted by Crippen LogP contribution is -2.50. The maximum Gasteiger partial charge on any atom is 0.412 e. The first-order valence-corrected chi connectivity index (χ1v) is 18.5. The maximum atomic E-state index is 13.2. The third kappa shape index (κ3) is 10.4. The van der Waals surface area contributed by atoms with Crippen LogP contribution >= 0.6 is 34.8 Å². The van der Waals surface area contributed by atoms with Gasteiger partial charge in [-0.3, -0.25) is 0 Å². The molecule has 0 amide bonds. The van der Waals surface area contributed by atoms with Gasteiger partial charge >= 0.3 is 12.4 Å². The third-order valence-electron chi connectivity index (χ3n) is 8.89. The van der Waals surface area contributed by atoms with Crippen molar-refractivity contribution in [3.05, 3.63) is 89.4 Å². The number of methoxy groups -OCH3 is 2. The van der Waals surface area contributed by atoms with Gasteiger partial charge in [0.05, 0.1) is 38.0 Å². The number of hydrogen-bond donors (Lipinski definition) is 2. The van der Waals surface area contributed by atoms with E-state index < -0.39 is 37.7 Å². The second-order valence-corrected chi connectivity index (χ2v) is 13.9. The highest BCUT2D eigenvalue weighted by atomic mass is 35.5. The van der Waals surface area contributed by atoms with Crippen molar-refractivity contribution < 1.29 is 45.3 Å². The van der Waals surface area contributed by atoms with Gasteiger partial charge in [-0.2, -0.15) is 36.3 Å². The molecule has 0 bridgehead atoms. The number of likely N-dealkylation sites (N-methyl/N-ethyl adjacent to an activating group) is 2. The van der Waals surface area contributed by atoms with Crippen molar-refractivity contribution >= 4 is 63.8 Å². The molecule has 61 heavy (non-hydrogen) atoms. The predicted octanol–water partition coefficient (Wildman–Crippen LogP) is 7.83. The Labute approximate surface area is 357 Å². The number of nitrogen functional groups attached to an aromatic ring is 1. The predicted molar refractivity (Wildman–Crippen MR) is 215 cm³/mol. The smallest absolute Gasteiger partial charge is 0.412 e. The zero-order valence-corrected chi connectivity index (χ0v) is 34.3. The number of aromatic nitrogens is 8. The Morgan fingerprint density at radius 2 is 1.20 bits per heavy atom. The quantitative estimate of drug-likeness (QED) is 0.0942. The molecule has 2 aliphatic rings. The summed E-state index contributed by atoms with van der Waals surface area (Å²) in [7, 11) is 5.73. The molecule has 6 aromatic rings. The minimum absolute atomic E-state index is 0.0496. The van der Waals surface area contributed by atoms with E-state index in [1.54, 1.807) is 71.6 Å². The summed E-state index contributed by atoms with van der Waals surface area (Å²) in [4.78, 5) is 25.6. The van der Waals surface area contributed by atoms with Crippen LogP contribution in [0.2, 0.25) is 15.6 Å². The van der Waals surface area contributed by atoms with Gasteiger partial charge < -0.3 is 48.9 Å². The molecule has 0 saturated heterocycles. The van der Waals surface area contributed by atoms with E-state index in [0.29, 0.717) is 38.9 Å². The number of benzene rings is 2. The van der Waals surface area contributed by atoms with Crippen LogP contribution in [0, 0.1) is 0 Å². The van der Waals surface area contributed by atoms with Crippen LogP contribution in [0.3, 0.4) is 0 Å². The average molecular weight is 918 g/mol. The molecule has 4 aromatic heterocycles. The summed E-state index contributed by atoms with van der Waals surface area (Å²) in [6.07, 6.45) is 0.291. The summed E-state index contributed by atoms with van der Waals surface area (Å²) < 4.78 is 102. The molecular formula is C36H33Cl3F6N12O4. The number of rotatable bonds is 6. The number of nitrogens with one attached hydrogen (secondary N) is 1. The van der Waals surface area contributed by atoms with Crippen molar-refractivity contribution in [1.82, 2.24) is 39.0 Å². The van der Waals surface area contributed by atoms with E-state index in [2.05, 4.69) is 35.2 Å². The Hall–Kier alpha value is -6.13. The van der Waals surface area contributed by atoms with Gasteiger partial charge in [-0.05, 0) is 35.9 Å². The first-order valence-electron chi connectivity index (χ1n) is 17.4. The Morgan fingerprint density at radius 3 is 1.69 bits per heavy atom. The van der Waals surface area contributed by atoms with Crippen LogP contribution in [-0.4, -0.2) is 105 Å². The monoisotopic (exact) mass is 916 g/mol. The zero-order valence-electron chi connectivity index (χ0n) is 32.1. The first-order chi connectivity index (χ1) is 28.9. The van der Waals surface area contributed by atoms with Crippen LogP contribution in [0.25, 0.3) is 11.4 Å². The molecular weight excluding hydrogens is 885 g/mol. The standard InChI is InChI=1S/C18H16ClF3N6O2.C10H10ClN3O.C8H7ClF3N3O/c1-27-14(18(20,21)22)8-30-13-6-23-17(26-16(13)27)25-10-3-4-11(12(5-10)29-2)28-7-15(19)24-9-28;1-15-9-4-7(12)2-3-8(9)14-5-10(11)13-6-14;1-15-5(8(10,11)12)3-16-4-2-13-7(9)14-6(4)15/h3-7,9,14H,8H2,1-2H3,(H,23,25,26);2-6H,12H2,1H3;2,5H,3H2,1H3. The fourth-order valence-corrected chi connectivity index (χ4v) is 6.25. The van der Waals surface area contributed by atoms with Crippen molar-refractivity contribution in [2.24, 2.45) is 0 Å². The van der Waals surface area contributed by atoms with Gasteiger partial charge in [0, 0.05) is 50.0 Å². The normalized spacial score (nSPS) is 15.8. The Morgan fingerprint density at radius 1 is 0.705 bits per heavy atom. The third-order valence-corrected chi connectivity index (χ3v) is 9.47. The Balaban J connectivity index is 0.000000169. The van der Waals surface area contributed by atoms with E-state index in [1.807, 2.05) is 6.07 Å². The lowest BCUT2D eigenvalue weighted by Gasteiger charge is -2.35. The van der Waals surface area contributed by atoms with E-state index in [9.17, 15) is 26.3 Å². The molecule has 2 aliphatic heterocycles. The Bertz CT molecular complexity index is 2470. The molecule has 6 heterocycles. The number of nitrogens with zero attached hydrogens (tertiary/aromatic N) is 10. The SMILES string of the molecule is CN1c2nc(Cl)ncc2OCC1C(F)(F)F.COc1cc(N)ccc1-n1cnc(Cl)c1.COc1cc(Nc2ncc3c(n2)N(C)C(C(F)(F)F)CO3)ccc1-n1cnc(Cl)c1. The summed E-state index contributed by atoms with van der Waals surface area (Å²) in [5, 5.41) is 3.63. The largest absolute Gasteiger partial charge is 0.494 e. The number of anilines is 5. The van der Waals surface area contributed by atoms with E-state index in [0.717, 1.165) is 15.5 Å². The van der Waals surface area contributed by atoms with Crippen LogP contribution < -0.4 is 39.8 Å². The first kappa shape index (κ1) is 44.4. The topological polar surface area (TPSA) is 169 Å². The summed E-state index contributed by atoms with van der Waals surface area (Å²) in [5.74, 6) is 1.81. The van der Waals surface area contributed by atoms with E-state index >= 15 is 0 Å². The van der Waals surface area contributed by atoms with Crippen LogP contribution in [-0.2, 0) is 0 Å². The molecule has 0 spiro atoms. The lowest BCUT2D eigenvalue weighted by molar-refractivity contribution is -0.156. The highest BCUT2D eigenvalue weighted by Gasteiger charge is 2.47. The summed E-state index contributed by atoms with van der Waals surface area (Å²) in [5.41, 5.74) is 8.44. The molecule has 324 valence electrons. The molecule has 0 aliphatic carbocycles. The van der Waals surface area contributed by atoms with Crippen LogP contribution in [0.5, 0.6) is 23.0 Å². The number of halogens is 9. The summed E-state index contributed by atoms with van der Waals surface area (Å²) >= 11 is 17.1. The van der Waals surface area contributed by atoms with Crippen molar-refractivity contribution in [2.75, 3.05) is 62.4 Å². The zero-order chi connectivity index (χ0) is 44.2. The fraction of sp³-hybridized carbons (Fsp3) is 0.278. The van der Waals surface area contributed by atoms with E-state index in [-0.39, 0.29) is 34.4 Å². The molecule has 2 atom stereocenters. The number of nitrogens with two attached hydrogens (primary N) is 1. The Kier molecular flexibility index (Phi) is 13.3. The van der Waals surface area contributed by atoms with Gasteiger partial charge in [0.15, 0.2) is 35.2 Å². The number of fused-ring (bicyclic) bond motifs is 2. The molecule has 0 saturated carbocycles. The molecule has 8 rings (SSSR count). The van der Waals surface area contributed by atoms with Gasteiger partial charge in [0.1, 0.15) is 47.7 Å². The number of alkyl halides is 6. The number of hydrogen-bond acceptors (Lipinski definition) is 14. The summed E-state index contributed by atoms with van der Waals surface area (Å²) in [6, 6.07) is 7.12. The van der Waals surface area contributed by atoms with Gasteiger partial charge in [-0.1, -0.05) is 23.2 Å². The lowest BCUT2D eigenvalue weighted by atomic mass is 10.2. The van der Waals surface area contributed by atoms with Crippen LogP contribution in [0.1, 0.15) is 0 Å². The number of ether oxygens (including phenoxy) is 4. The minimum atomic E-state index is -4.44. The number of imidazole rings is 2. The molecule has 2 unspecified atom stereocenters. The van der Waals surface area contributed by atoms with Crippen LogP contribution in [0.15, 0.2) is 73.8 Å². The molecule has 3 N–H and O–H groups in total. The van der Waals surface area contributed by atoms with E-state index in [4.69, 9.17) is 59.5 Å². The van der Waals surface area contributed by atoms with Gasteiger partial charge in [-0.15, -0.1) is 0 Å². The molecule has 0 radical (unpaired) electrons. The molecule has 25 heteroatoms. The van der Waals surface area contributed by atoms with Crippen molar-refractivity contribution in [3.63, 3.8) is 0 Å². The minimum Gasteiger partial charge on any atom is -0.494 e. The molecule has 2 aromatic carbocycles. The van der Waals surface area contributed by atoms with Gasteiger partial charge in [0.25, 0.3) is 0 Å². The van der Waals surface area contributed by atoms with Crippen molar-refractivity contribution in [1.29, 1.82) is 0 Å².